The van der Waals surface area contributed by atoms with Crippen molar-refractivity contribution in [1.29, 1.82) is 0 Å². The van der Waals surface area contributed by atoms with Crippen molar-refractivity contribution in [2.45, 2.75) is 6.04 Å². The Morgan fingerprint density at radius 1 is 1.47 bits per heavy atom. The molecule has 1 atom stereocenters. The van der Waals surface area contributed by atoms with Crippen molar-refractivity contribution in [3.63, 3.8) is 0 Å². The van der Waals surface area contributed by atoms with Crippen molar-refractivity contribution in [1.82, 2.24) is 5.32 Å². The number of hydrogen-bond donors (Lipinski definition) is 1. The Morgan fingerprint density at radius 2 is 2.21 bits per heavy atom. The molecule has 102 valence electrons. The highest BCUT2D eigenvalue weighted by Crippen LogP contribution is 2.25. The van der Waals surface area contributed by atoms with E-state index in [4.69, 9.17) is 15.0 Å². The molecule has 0 radical (unpaired) electrons. The average Bonchev–Trinajstić information content (AvgIpc) is 2.46. The molecule has 7 nitrogen and oxygen atoms in total. The minimum Gasteiger partial charge on any atom is -0.496 e. The van der Waals surface area contributed by atoms with Crippen LogP contribution in [0, 0.1) is 0 Å². The molecule has 19 heavy (non-hydrogen) atoms. The average molecular weight is 264 g/mol. The van der Waals surface area contributed by atoms with Crippen molar-refractivity contribution < 1.29 is 14.3 Å². The lowest BCUT2D eigenvalue weighted by Gasteiger charge is -2.18. The topological polar surface area (TPSA) is 96.3 Å². The molecule has 0 aromatic heterocycles. The third-order valence-electron chi connectivity index (χ3n) is 2.51. The summed E-state index contributed by atoms with van der Waals surface area (Å²) in [5.74, 6) is 0.166. The summed E-state index contributed by atoms with van der Waals surface area (Å²) in [7, 11) is 2.85. The van der Waals surface area contributed by atoms with Gasteiger partial charge in [-0.3, -0.25) is 0 Å². The van der Waals surface area contributed by atoms with E-state index in [0.29, 0.717) is 17.9 Å². The van der Waals surface area contributed by atoms with Crippen LogP contribution in [0.4, 0.5) is 0 Å². The van der Waals surface area contributed by atoms with Crippen LogP contribution in [0.5, 0.6) is 5.75 Å². The largest absolute Gasteiger partial charge is 0.496 e. The standard InChI is InChI=1S/C12H16N4O3/c1-18-10-6-4-3-5-9(10)11(12(17)19-2)14-7-8-15-16-13/h3-6,11,14H,7-8H2,1-2H3. The molecule has 0 saturated carbocycles. The summed E-state index contributed by atoms with van der Waals surface area (Å²) in [6.45, 7) is 0.612. The molecule has 1 N–H and O–H groups in total. The monoisotopic (exact) mass is 264 g/mol. The Balaban J connectivity index is 2.89. The van der Waals surface area contributed by atoms with Crippen LogP contribution >= 0.6 is 0 Å². The van der Waals surface area contributed by atoms with Gasteiger partial charge in [0.2, 0.25) is 0 Å². The summed E-state index contributed by atoms with van der Waals surface area (Å²) in [6, 6.07) is 6.51. The van der Waals surface area contributed by atoms with Gasteiger partial charge in [-0.2, -0.15) is 0 Å². The second-order valence-corrected chi connectivity index (χ2v) is 3.61. The number of para-hydroxylation sites is 1. The summed E-state index contributed by atoms with van der Waals surface area (Å²) in [4.78, 5) is 14.4. The molecule has 0 spiro atoms. The van der Waals surface area contributed by atoms with E-state index in [2.05, 4.69) is 15.3 Å². The number of carbonyl (C=O) groups is 1. The lowest BCUT2D eigenvalue weighted by molar-refractivity contribution is -0.143. The van der Waals surface area contributed by atoms with Gasteiger partial charge in [-0.05, 0) is 11.6 Å². The van der Waals surface area contributed by atoms with Gasteiger partial charge in [0.1, 0.15) is 11.8 Å². The molecular formula is C12H16N4O3. The van der Waals surface area contributed by atoms with Crippen molar-refractivity contribution in [2.24, 2.45) is 5.11 Å². The molecular weight excluding hydrogens is 248 g/mol. The first kappa shape index (κ1) is 14.8. The summed E-state index contributed by atoms with van der Waals surface area (Å²) in [5.41, 5.74) is 8.88. The number of carbonyl (C=O) groups excluding carboxylic acids is 1. The first-order valence-corrected chi connectivity index (χ1v) is 5.69. The minimum atomic E-state index is -0.657. The second-order valence-electron chi connectivity index (χ2n) is 3.61. The van der Waals surface area contributed by atoms with Gasteiger partial charge in [0.25, 0.3) is 0 Å². The Morgan fingerprint density at radius 3 is 2.84 bits per heavy atom. The molecule has 1 aromatic carbocycles. The Bertz CT molecular complexity index is 472. The molecule has 0 bridgehead atoms. The summed E-state index contributed by atoms with van der Waals surface area (Å²) in [6.07, 6.45) is 0. The van der Waals surface area contributed by atoms with Crippen molar-refractivity contribution in [2.75, 3.05) is 27.3 Å². The zero-order valence-corrected chi connectivity index (χ0v) is 10.9. The zero-order valence-electron chi connectivity index (χ0n) is 10.9. The zero-order chi connectivity index (χ0) is 14.1. The van der Waals surface area contributed by atoms with E-state index in [9.17, 15) is 4.79 Å². The van der Waals surface area contributed by atoms with E-state index >= 15 is 0 Å². The van der Waals surface area contributed by atoms with Crippen LogP contribution in [0.15, 0.2) is 29.4 Å². The van der Waals surface area contributed by atoms with Crippen molar-refractivity contribution in [3.8, 4) is 5.75 Å². The summed E-state index contributed by atoms with van der Waals surface area (Å²) < 4.78 is 9.98. The quantitative estimate of drug-likeness (QED) is 0.267. The van der Waals surface area contributed by atoms with Gasteiger partial charge in [-0.15, -0.1) is 0 Å². The highest BCUT2D eigenvalue weighted by atomic mass is 16.5. The van der Waals surface area contributed by atoms with E-state index in [-0.39, 0.29) is 6.54 Å². The number of rotatable bonds is 7. The van der Waals surface area contributed by atoms with Crippen LogP contribution in [0.25, 0.3) is 10.4 Å². The number of methoxy groups -OCH3 is 2. The predicted molar refractivity (Wildman–Crippen MR) is 69.8 cm³/mol. The Labute approximate surface area is 111 Å². The van der Waals surface area contributed by atoms with Crippen LogP contribution in [0.3, 0.4) is 0 Å². The van der Waals surface area contributed by atoms with Crippen molar-refractivity contribution >= 4 is 5.97 Å². The number of nitrogens with zero attached hydrogens (tertiary/aromatic N) is 3. The first-order chi connectivity index (χ1) is 9.24. The normalized spacial score (nSPS) is 11.3. The van der Waals surface area contributed by atoms with Gasteiger partial charge in [0.15, 0.2) is 0 Å². The maximum absolute atomic E-state index is 11.8. The predicted octanol–water partition coefficient (Wildman–Crippen LogP) is 1.81. The van der Waals surface area contributed by atoms with Gasteiger partial charge in [0.05, 0.1) is 14.2 Å². The highest BCUT2D eigenvalue weighted by Gasteiger charge is 2.23. The van der Waals surface area contributed by atoms with Gasteiger partial charge in [0, 0.05) is 23.6 Å². The molecule has 0 fully saturated rings. The number of benzene rings is 1. The smallest absolute Gasteiger partial charge is 0.327 e. The lowest BCUT2D eigenvalue weighted by atomic mass is 10.1. The van der Waals surface area contributed by atoms with E-state index in [1.807, 2.05) is 12.1 Å². The number of hydrogen-bond acceptors (Lipinski definition) is 5. The van der Waals surface area contributed by atoms with Gasteiger partial charge in [-0.1, -0.05) is 23.3 Å². The number of esters is 1. The Kier molecular flexibility index (Phi) is 6.21. The molecule has 1 rings (SSSR count). The SMILES string of the molecule is COC(=O)C(NCCN=[N+]=[N-])c1ccccc1OC. The number of azide groups is 1. The summed E-state index contributed by atoms with van der Waals surface area (Å²) in [5, 5.41) is 6.38. The number of nitrogens with one attached hydrogen (secondary N) is 1. The number of ether oxygens (including phenoxy) is 2. The van der Waals surface area contributed by atoms with E-state index in [1.54, 1.807) is 12.1 Å². The lowest BCUT2D eigenvalue weighted by Crippen LogP contribution is -2.31. The van der Waals surface area contributed by atoms with Crippen LogP contribution in [0.1, 0.15) is 11.6 Å². The first-order valence-electron chi connectivity index (χ1n) is 5.69. The molecule has 0 aliphatic rings. The minimum absolute atomic E-state index is 0.249. The second kappa shape index (κ2) is 7.97. The maximum Gasteiger partial charge on any atom is 0.327 e. The highest BCUT2D eigenvalue weighted by molar-refractivity contribution is 5.78. The van der Waals surface area contributed by atoms with Crippen LogP contribution in [-0.2, 0) is 9.53 Å². The van der Waals surface area contributed by atoms with E-state index in [1.165, 1.54) is 14.2 Å². The van der Waals surface area contributed by atoms with Crippen molar-refractivity contribution in [3.05, 3.63) is 40.3 Å². The molecule has 0 aliphatic heterocycles. The molecule has 0 heterocycles. The third kappa shape index (κ3) is 4.17. The molecule has 0 aliphatic carbocycles. The Hall–Kier alpha value is -2.24. The molecule has 1 unspecified atom stereocenters. The van der Waals surface area contributed by atoms with E-state index < -0.39 is 12.0 Å². The van der Waals surface area contributed by atoms with Crippen LogP contribution < -0.4 is 10.1 Å². The van der Waals surface area contributed by atoms with E-state index in [0.717, 1.165) is 0 Å². The van der Waals surface area contributed by atoms with Gasteiger partial charge in [-0.25, -0.2) is 4.79 Å². The fourth-order valence-corrected chi connectivity index (χ4v) is 1.65. The maximum atomic E-state index is 11.8. The molecule has 7 heteroatoms. The van der Waals surface area contributed by atoms with Gasteiger partial charge >= 0.3 is 5.97 Å². The summed E-state index contributed by atoms with van der Waals surface area (Å²) >= 11 is 0. The van der Waals surface area contributed by atoms with Gasteiger partial charge < -0.3 is 14.8 Å². The third-order valence-corrected chi connectivity index (χ3v) is 2.51. The fraction of sp³-hybridized carbons (Fsp3) is 0.417. The fourth-order valence-electron chi connectivity index (χ4n) is 1.65. The van der Waals surface area contributed by atoms with Crippen LogP contribution in [-0.4, -0.2) is 33.3 Å². The molecule has 0 saturated heterocycles. The molecule has 1 aromatic rings. The van der Waals surface area contributed by atoms with Crippen LogP contribution in [0.2, 0.25) is 0 Å². The molecule has 0 amide bonds.